The number of likely N-dealkylation sites (tertiary alicyclic amines) is 1. The predicted molar refractivity (Wildman–Crippen MR) is 75.3 cm³/mol. The molecule has 0 radical (unpaired) electrons. The summed E-state index contributed by atoms with van der Waals surface area (Å²) in [4.78, 5) is 16.5. The monoisotopic (exact) mass is 338 g/mol. The molecule has 22 heavy (non-hydrogen) atoms. The van der Waals surface area contributed by atoms with Gasteiger partial charge in [0.05, 0.1) is 12.7 Å². The van der Waals surface area contributed by atoms with Gasteiger partial charge in [0, 0.05) is 26.6 Å². The van der Waals surface area contributed by atoms with Gasteiger partial charge in [-0.1, -0.05) is 11.6 Å². The normalized spacial score (nSPS) is 22.9. The first kappa shape index (κ1) is 17.1. The van der Waals surface area contributed by atoms with Gasteiger partial charge < -0.3 is 14.8 Å². The van der Waals surface area contributed by atoms with Crippen molar-refractivity contribution in [3.8, 4) is 0 Å². The second-order valence-electron chi connectivity index (χ2n) is 5.44. The molecular formula is C13H18ClF3N4O. The number of carbonyl (C=O) groups is 1. The maximum absolute atomic E-state index is 12.9. The van der Waals surface area contributed by atoms with Crippen LogP contribution in [0.2, 0.25) is 5.15 Å². The van der Waals surface area contributed by atoms with Gasteiger partial charge in [0.15, 0.2) is 0 Å². The summed E-state index contributed by atoms with van der Waals surface area (Å²) in [6.07, 6.45) is -2.61. The van der Waals surface area contributed by atoms with E-state index in [9.17, 15) is 18.0 Å². The fraction of sp³-hybridized carbons (Fsp3) is 0.692. The van der Waals surface area contributed by atoms with Gasteiger partial charge >= 0.3 is 6.18 Å². The number of piperidine rings is 1. The van der Waals surface area contributed by atoms with Crippen LogP contribution in [0.5, 0.6) is 0 Å². The topological polar surface area (TPSA) is 50.2 Å². The number of rotatable bonds is 3. The maximum atomic E-state index is 12.9. The lowest BCUT2D eigenvalue weighted by Crippen LogP contribution is -2.57. The highest BCUT2D eigenvalue weighted by atomic mass is 35.5. The second kappa shape index (κ2) is 6.45. The Morgan fingerprint density at radius 3 is 2.68 bits per heavy atom. The van der Waals surface area contributed by atoms with Crippen molar-refractivity contribution in [1.29, 1.82) is 0 Å². The number of nitrogens with one attached hydrogen (secondary N) is 1. The molecule has 1 aliphatic rings. The molecule has 2 atom stereocenters. The van der Waals surface area contributed by atoms with E-state index in [1.807, 2.05) is 0 Å². The third-order valence-corrected chi connectivity index (χ3v) is 4.29. The number of alkyl halides is 3. The third kappa shape index (κ3) is 3.73. The first-order valence-corrected chi connectivity index (χ1v) is 7.31. The number of aromatic nitrogens is 2. The number of hydrogen-bond acceptors (Lipinski definition) is 3. The molecule has 9 heteroatoms. The summed E-state index contributed by atoms with van der Waals surface area (Å²) in [7, 11) is 1.76. The molecule has 2 heterocycles. The summed E-state index contributed by atoms with van der Waals surface area (Å²) in [6, 6.07) is -1.89. The first-order chi connectivity index (χ1) is 10.2. The Morgan fingerprint density at radius 1 is 1.50 bits per heavy atom. The number of carbonyl (C=O) groups excluding carboxylic acids is 1. The van der Waals surface area contributed by atoms with Crippen molar-refractivity contribution in [3.63, 3.8) is 0 Å². The highest BCUT2D eigenvalue weighted by Crippen LogP contribution is 2.32. The Balaban J connectivity index is 1.97. The van der Waals surface area contributed by atoms with Crippen LogP contribution in [0.3, 0.4) is 0 Å². The molecule has 0 saturated carbocycles. The van der Waals surface area contributed by atoms with E-state index in [4.69, 9.17) is 11.6 Å². The summed E-state index contributed by atoms with van der Waals surface area (Å²) in [5.74, 6) is 0.131. The van der Waals surface area contributed by atoms with Gasteiger partial charge in [0.1, 0.15) is 17.0 Å². The second-order valence-corrected chi connectivity index (χ2v) is 5.83. The molecule has 0 aromatic carbocycles. The van der Waals surface area contributed by atoms with Crippen LogP contribution in [0.25, 0.3) is 0 Å². The van der Waals surface area contributed by atoms with E-state index in [1.54, 1.807) is 11.6 Å². The Labute approximate surface area is 131 Å². The Morgan fingerprint density at radius 2 is 2.18 bits per heavy atom. The van der Waals surface area contributed by atoms with Crippen LogP contribution in [0.15, 0.2) is 6.20 Å². The number of hydrogen-bond donors (Lipinski definition) is 1. The molecule has 0 aliphatic carbocycles. The fourth-order valence-electron chi connectivity index (χ4n) is 2.65. The molecule has 1 N–H and O–H groups in total. The van der Waals surface area contributed by atoms with E-state index in [2.05, 4.69) is 10.3 Å². The lowest BCUT2D eigenvalue weighted by Gasteiger charge is -2.40. The summed E-state index contributed by atoms with van der Waals surface area (Å²) >= 11 is 5.88. The van der Waals surface area contributed by atoms with Gasteiger partial charge in [-0.15, -0.1) is 0 Å². The summed E-state index contributed by atoms with van der Waals surface area (Å²) in [5, 5.41) is 3.63. The third-order valence-electron chi connectivity index (χ3n) is 3.94. The molecule has 1 aromatic heterocycles. The van der Waals surface area contributed by atoms with Crippen LogP contribution >= 0.6 is 11.6 Å². The van der Waals surface area contributed by atoms with Crippen LogP contribution in [-0.4, -0.2) is 45.2 Å². The average molecular weight is 339 g/mol. The quantitative estimate of drug-likeness (QED) is 0.918. The van der Waals surface area contributed by atoms with Gasteiger partial charge in [-0.3, -0.25) is 4.79 Å². The first-order valence-electron chi connectivity index (χ1n) is 6.93. The van der Waals surface area contributed by atoms with E-state index in [0.29, 0.717) is 23.9 Å². The molecular weight excluding hydrogens is 321 g/mol. The minimum absolute atomic E-state index is 0.0394. The van der Waals surface area contributed by atoms with E-state index in [1.165, 1.54) is 13.1 Å². The van der Waals surface area contributed by atoms with Gasteiger partial charge in [-0.25, -0.2) is 4.98 Å². The Hall–Kier alpha value is -1.28. The zero-order chi connectivity index (χ0) is 16.5. The molecule has 1 aromatic rings. The number of amides is 1. The Kier molecular flexibility index (Phi) is 5.01. The van der Waals surface area contributed by atoms with Gasteiger partial charge in [-0.05, 0) is 12.8 Å². The molecule has 1 aliphatic heterocycles. The molecule has 124 valence electrons. The molecule has 0 spiro atoms. The highest BCUT2D eigenvalue weighted by Gasteiger charge is 2.47. The standard InChI is InChI=1S/C13H18ClF3N4O/c1-8(22)21-7-9(3-4-10(21)13(15,16)17)18-6-12-19-5-11(14)20(12)2/h5,9-10,18H,3-4,6-7H2,1-2H3. The minimum Gasteiger partial charge on any atom is -0.329 e. The molecule has 5 nitrogen and oxygen atoms in total. The smallest absolute Gasteiger partial charge is 0.329 e. The van der Waals surface area contributed by atoms with Crippen molar-refractivity contribution in [3.05, 3.63) is 17.2 Å². The summed E-state index contributed by atoms with van der Waals surface area (Å²) in [6.45, 7) is 1.59. The predicted octanol–water partition coefficient (Wildman–Crippen LogP) is 2.10. The molecule has 1 fully saturated rings. The largest absolute Gasteiger partial charge is 0.408 e. The Bertz CT molecular complexity index is 546. The lowest BCUT2D eigenvalue weighted by atomic mass is 9.97. The van der Waals surface area contributed by atoms with Crippen LogP contribution in [0, 0.1) is 0 Å². The number of nitrogens with zero attached hydrogens (tertiary/aromatic N) is 3. The van der Waals surface area contributed by atoms with Crippen LogP contribution < -0.4 is 5.32 Å². The maximum Gasteiger partial charge on any atom is 0.408 e. The molecule has 0 bridgehead atoms. The van der Waals surface area contributed by atoms with Gasteiger partial charge in [0.2, 0.25) is 5.91 Å². The molecule has 1 saturated heterocycles. The van der Waals surface area contributed by atoms with Gasteiger partial charge in [0.25, 0.3) is 0 Å². The van der Waals surface area contributed by atoms with Crippen molar-refractivity contribution in [2.45, 2.75) is 44.6 Å². The highest BCUT2D eigenvalue weighted by molar-refractivity contribution is 6.29. The average Bonchev–Trinajstić information content (AvgIpc) is 2.75. The van der Waals surface area contributed by atoms with E-state index in [0.717, 1.165) is 4.90 Å². The zero-order valence-electron chi connectivity index (χ0n) is 12.3. The van der Waals surface area contributed by atoms with E-state index >= 15 is 0 Å². The van der Waals surface area contributed by atoms with Crippen molar-refractivity contribution < 1.29 is 18.0 Å². The van der Waals surface area contributed by atoms with Crippen molar-refractivity contribution >= 4 is 17.5 Å². The fourth-order valence-corrected chi connectivity index (χ4v) is 2.80. The van der Waals surface area contributed by atoms with Crippen molar-refractivity contribution in [2.75, 3.05) is 6.54 Å². The lowest BCUT2D eigenvalue weighted by molar-refractivity contribution is -0.196. The summed E-state index contributed by atoms with van der Waals surface area (Å²) in [5.41, 5.74) is 0. The number of halogens is 4. The number of imidazole rings is 1. The van der Waals surface area contributed by atoms with E-state index < -0.39 is 18.1 Å². The SMILES string of the molecule is CC(=O)N1CC(NCc2ncc(Cl)n2C)CCC1C(F)(F)F. The minimum atomic E-state index is -4.39. The van der Waals surface area contributed by atoms with Crippen LogP contribution in [0.4, 0.5) is 13.2 Å². The molecule has 1 amide bonds. The molecule has 2 unspecified atom stereocenters. The zero-order valence-corrected chi connectivity index (χ0v) is 13.1. The van der Waals surface area contributed by atoms with E-state index in [-0.39, 0.29) is 19.0 Å². The van der Waals surface area contributed by atoms with Crippen molar-refractivity contribution in [2.24, 2.45) is 7.05 Å². The van der Waals surface area contributed by atoms with Gasteiger partial charge in [-0.2, -0.15) is 13.2 Å². The van der Waals surface area contributed by atoms with Crippen molar-refractivity contribution in [1.82, 2.24) is 19.8 Å². The molecule has 2 rings (SSSR count). The van der Waals surface area contributed by atoms with Crippen LogP contribution in [-0.2, 0) is 18.4 Å². The van der Waals surface area contributed by atoms with Crippen LogP contribution in [0.1, 0.15) is 25.6 Å². The summed E-state index contributed by atoms with van der Waals surface area (Å²) < 4.78 is 40.5.